The molecule has 1 atom stereocenters. The van der Waals surface area contributed by atoms with Crippen LogP contribution in [0.2, 0.25) is 0 Å². The highest BCUT2D eigenvalue weighted by molar-refractivity contribution is 5.76. The van der Waals surface area contributed by atoms with E-state index in [4.69, 9.17) is 4.74 Å². The maximum atomic E-state index is 12.7. The molecular weight excluding hydrogens is 283 g/mol. The summed E-state index contributed by atoms with van der Waals surface area (Å²) in [5.74, 6) is -0.0369. The van der Waals surface area contributed by atoms with Crippen molar-refractivity contribution in [3.8, 4) is 0 Å². The third kappa shape index (κ3) is 3.97. The first-order valence-electron chi connectivity index (χ1n) is 6.85. The van der Waals surface area contributed by atoms with Crippen molar-refractivity contribution < 1.29 is 22.7 Å². The highest BCUT2D eigenvalue weighted by Gasteiger charge is 2.32. The maximum absolute atomic E-state index is 12.7. The Hall–Kier alpha value is -1.56. The van der Waals surface area contributed by atoms with Crippen LogP contribution in [0.15, 0.2) is 24.3 Å². The molecule has 1 aliphatic heterocycles. The van der Waals surface area contributed by atoms with Crippen molar-refractivity contribution in [1.29, 1.82) is 0 Å². The molecule has 2 rings (SSSR count). The van der Waals surface area contributed by atoms with Crippen LogP contribution in [-0.4, -0.2) is 37.6 Å². The predicted molar refractivity (Wildman–Crippen MR) is 71.9 cm³/mol. The van der Waals surface area contributed by atoms with Gasteiger partial charge in [0.2, 0.25) is 5.91 Å². The number of carbonyl (C=O) groups is 1. The molecule has 1 aromatic rings. The van der Waals surface area contributed by atoms with E-state index in [1.54, 1.807) is 11.0 Å². The summed E-state index contributed by atoms with van der Waals surface area (Å²) in [5.41, 5.74) is 0.0102. The number of methoxy groups -OCH3 is 1. The minimum absolute atomic E-state index is 0.00803. The highest BCUT2D eigenvalue weighted by Crippen LogP contribution is 2.33. The maximum Gasteiger partial charge on any atom is 0.416 e. The number of halogens is 3. The van der Waals surface area contributed by atoms with Gasteiger partial charge in [0.15, 0.2) is 0 Å². The van der Waals surface area contributed by atoms with E-state index >= 15 is 0 Å². The van der Waals surface area contributed by atoms with Gasteiger partial charge in [-0.1, -0.05) is 18.2 Å². The van der Waals surface area contributed by atoms with Crippen LogP contribution in [0.25, 0.3) is 0 Å². The van der Waals surface area contributed by atoms with E-state index in [-0.39, 0.29) is 11.8 Å². The number of ether oxygens (including phenoxy) is 1. The highest BCUT2D eigenvalue weighted by atomic mass is 19.4. The van der Waals surface area contributed by atoms with Gasteiger partial charge >= 0.3 is 6.18 Å². The van der Waals surface area contributed by atoms with Gasteiger partial charge in [-0.3, -0.25) is 4.79 Å². The molecule has 0 aromatic heterocycles. The summed E-state index contributed by atoms with van der Waals surface area (Å²) in [6.45, 7) is 1.43. The normalized spacial score (nSPS) is 19.0. The second-order valence-corrected chi connectivity index (χ2v) is 5.19. The van der Waals surface area contributed by atoms with Crippen LogP contribution in [-0.2, 0) is 15.7 Å². The van der Waals surface area contributed by atoms with E-state index in [1.807, 2.05) is 0 Å². The monoisotopic (exact) mass is 301 g/mol. The fourth-order valence-electron chi connectivity index (χ4n) is 2.58. The SMILES string of the molecule is COCCC(=O)N1CC[C@@H](c2cccc(C(F)(F)F)c2)C1. The van der Waals surface area contributed by atoms with Crippen LogP contribution in [0.5, 0.6) is 0 Å². The molecule has 21 heavy (non-hydrogen) atoms. The summed E-state index contributed by atoms with van der Waals surface area (Å²) in [6.07, 6.45) is -3.32. The Labute approximate surface area is 121 Å². The second-order valence-electron chi connectivity index (χ2n) is 5.19. The van der Waals surface area contributed by atoms with Gasteiger partial charge in [-0.2, -0.15) is 13.2 Å². The van der Waals surface area contributed by atoms with Crippen LogP contribution >= 0.6 is 0 Å². The molecule has 1 heterocycles. The average Bonchev–Trinajstić information content (AvgIpc) is 2.94. The van der Waals surface area contributed by atoms with Crippen LogP contribution in [0.1, 0.15) is 29.9 Å². The van der Waals surface area contributed by atoms with E-state index in [2.05, 4.69) is 0 Å². The molecule has 1 amide bonds. The Morgan fingerprint density at radius 2 is 2.19 bits per heavy atom. The van der Waals surface area contributed by atoms with Crippen LogP contribution in [0, 0.1) is 0 Å². The fourth-order valence-corrected chi connectivity index (χ4v) is 2.58. The van der Waals surface area contributed by atoms with Crippen LogP contribution < -0.4 is 0 Å². The van der Waals surface area contributed by atoms with E-state index in [1.165, 1.54) is 19.2 Å². The molecule has 6 heteroatoms. The molecule has 0 aliphatic carbocycles. The quantitative estimate of drug-likeness (QED) is 0.855. The number of hydrogen-bond donors (Lipinski definition) is 0. The molecule has 116 valence electrons. The molecule has 0 unspecified atom stereocenters. The molecule has 0 bridgehead atoms. The van der Waals surface area contributed by atoms with Crippen LogP contribution in [0.4, 0.5) is 13.2 Å². The minimum atomic E-state index is -4.33. The first-order valence-corrected chi connectivity index (χ1v) is 6.85. The third-order valence-electron chi connectivity index (χ3n) is 3.75. The first-order chi connectivity index (χ1) is 9.91. The van der Waals surface area contributed by atoms with E-state index in [0.29, 0.717) is 38.1 Å². The number of likely N-dealkylation sites (tertiary alicyclic amines) is 1. The van der Waals surface area contributed by atoms with Gasteiger partial charge in [0.25, 0.3) is 0 Å². The Balaban J connectivity index is 2.03. The van der Waals surface area contributed by atoms with Crippen molar-refractivity contribution in [3.63, 3.8) is 0 Å². The van der Waals surface area contributed by atoms with Crippen molar-refractivity contribution in [2.75, 3.05) is 26.8 Å². The topological polar surface area (TPSA) is 29.5 Å². The van der Waals surface area contributed by atoms with Crippen molar-refractivity contribution in [1.82, 2.24) is 4.90 Å². The summed E-state index contributed by atoms with van der Waals surface area (Å²) < 4.78 is 43.0. The predicted octanol–water partition coefficient (Wildman–Crippen LogP) is 3.06. The standard InChI is InChI=1S/C15H18F3NO2/c1-21-8-6-14(20)19-7-5-12(10-19)11-3-2-4-13(9-11)15(16,17)18/h2-4,9,12H,5-8,10H2,1H3/t12-/m1/s1. The lowest BCUT2D eigenvalue weighted by Gasteiger charge is -2.17. The number of rotatable bonds is 4. The minimum Gasteiger partial charge on any atom is -0.384 e. The van der Waals surface area contributed by atoms with E-state index < -0.39 is 11.7 Å². The Morgan fingerprint density at radius 3 is 2.86 bits per heavy atom. The lowest BCUT2D eigenvalue weighted by molar-refractivity contribution is -0.137. The third-order valence-corrected chi connectivity index (χ3v) is 3.75. The summed E-state index contributed by atoms with van der Waals surface area (Å²) in [4.78, 5) is 13.6. The van der Waals surface area contributed by atoms with Gasteiger partial charge in [0, 0.05) is 26.1 Å². The summed E-state index contributed by atoms with van der Waals surface area (Å²) in [6, 6.07) is 5.38. The number of amides is 1. The zero-order valence-corrected chi connectivity index (χ0v) is 11.8. The zero-order valence-electron chi connectivity index (χ0n) is 11.8. The second kappa shape index (κ2) is 6.47. The molecule has 0 N–H and O–H groups in total. The fraction of sp³-hybridized carbons (Fsp3) is 0.533. The number of hydrogen-bond acceptors (Lipinski definition) is 2. The van der Waals surface area contributed by atoms with Crippen molar-refractivity contribution in [3.05, 3.63) is 35.4 Å². The summed E-state index contributed by atoms with van der Waals surface area (Å²) in [5, 5.41) is 0. The first kappa shape index (κ1) is 15.8. The molecule has 0 spiro atoms. The zero-order chi connectivity index (χ0) is 15.5. The molecule has 1 aliphatic rings. The number of carbonyl (C=O) groups excluding carboxylic acids is 1. The molecule has 0 radical (unpaired) electrons. The van der Waals surface area contributed by atoms with Gasteiger partial charge in [0.05, 0.1) is 18.6 Å². The van der Waals surface area contributed by atoms with Crippen molar-refractivity contribution in [2.45, 2.75) is 24.9 Å². The molecule has 1 saturated heterocycles. The van der Waals surface area contributed by atoms with Gasteiger partial charge in [-0.15, -0.1) is 0 Å². The Bertz CT molecular complexity index is 502. The van der Waals surface area contributed by atoms with Gasteiger partial charge in [-0.25, -0.2) is 0 Å². The van der Waals surface area contributed by atoms with Crippen LogP contribution in [0.3, 0.4) is 0 Å². The average molecular weight is 301 g/mol. The van der Waals surface area contributed by atoms with E-state index in [0.717, 1.165) is 6.07 Å². The number of alkyl halides is 3. The van der Waals surface area contributed by atoms with Crippen molar-refractivity contribution >= 4 is 5.91 Å². The van der Waals surface area contributed by atoms with Gasteiger partial charge < -0.3 is 9.64 Å². The smallest absolute Gasteiger partial charge is 0.384 e. The molecule has 1 fully saturated rings. The summed E-state index contributed by atoms with van der Waals surface area (Å²) in [7, 11) is 1.53. The number of benzene rings is 1. The summed E-state index contributed by atoms with van der Waals surface area (Å²) >= 11 is 0. The number of nitrogens with zero attached hydrogens (tertiary/aromatic N) is 1. The van der Waals surface area contributed by atoms with E-state index in [9.17, 15) is 18.0 Å². The Morgan fingerprint density at radius 1 is 1.43 bits per heavy atom. The Kier molecular flexibility index (Phi) is 4.88. The molecular formula is C15H18F3NO2. The molecule has 1 aromatic carbocycles. The lowest BCUT2D eigenvalue weighted by Crippen LogP contribution is -2.29. The largest absolute Gasteiger partial charge is 0.416 e. The molecule has 3 nitrogen and oxygen atoms in total. The van der Waals surface area contributed by atoms with Gasteiger partial charge in [-0.05, 0) is 18.1 Å². The van der Waals surface area contributed by atoms with Crippen molar-refractivity contribution in [2.24, 2.45) is 0 Å². The van der Waals surface area contributed by atoms with Gasteiger partial charge in [0.1, 0.15) is 0 Å². The molecule has 0 saturated carbocycles. The lowest BCUT2D eigenvalue weighted by atomic mass is 9.96.